The lowest BCUT2D eigenvalue weighted by molar-refractivity contribution is 0.0461. The van der Waals surface area contributed by atoms with E-state index >= 15 is 0 Å². The van der Waals surface area contributed by atoms with E-state index in [0.717, 1.165) is 18.2 Å². The summed E-state index contributed by atoms with van der Waals surface area (Å²) in [7, 11) is 0. The fraction of sp³-hybridized carbons (Fsp3) is 0.0769. The van der Waals surface area contributed by atoms with Crippen molar-refractivity contribution in [3.63, 3.8) is 0 Å². The van der Waals surface area contributed by atoms with E-state index in [1.165, 1.54) is 18.2 Å². The summed E-state index contributed by atoms with van der Waals surface area (Å²) in [6, 6.07) is 6.83. The van der Waals surface area contributed by atoms with Gasteiger partial charge >= 0.3 is 5.97 Å². The minimum absolute atomic E-state index is 0.0516. The molecule has 0 amide bonds. The molecular weight excluding hydrogens is 256 g/mol. The van der Waals surface area contributed by atoms with E-state index < -0.39 is 29.8 Å². The van der Waals surface area contributed by atoms with Gasteiger partial charge in [-0.1, -0.05) is 6.07 Å². The maximum Gasteiger partial charge on any atom is 0.355 e. The highest BCUT2D eigenvalue weighted by Gasteiger charge is 2.10. The van der Waals surface area contributed by atoms with Crippen molar-refractivity contribution in [3.05, 3.63) is 69.6 Å². The summed E-state index contributed by atoms with van der Waals surface area (Å²) in [4.78, 5) is 24.8. The summed E-state index contributed by atoms with van der Waals surface area (Å²) in [5, 5.41) is 0. The van der Waals surface area contributed by atoms with Gasteiger partial charge in [-0.2, -0.15) is 0 Å². The molecule has 0 unspecified atom stereocenters. The smallest absolute Gasteiger partial charge is 0.355 e. The van der Waals surface area contributed by atoms with Gasteiger partial charge in [-0.15, -0.1) is 0 Å². The van der Waals surface area contributed by atoms with Crippen molar-refractivity contribution in [3.8, 4) is 0 Å². The SMILES string of the molecule is O=C(OCc1cc(F)ccc1F)c1cccc(=O)[nH]1. The molecule has 1 N–H and O–H groups in total. The quantitative estimate of drug-likeness (QED) is 0.863. The Morgan fingerprint density at radius 3 is 2.74 bits per heavy atom. The molecule has 4 nitrogen and oxygen atoms in total. The number of carbonyl (C=O) groups is 1. The van der Waals surface area contributed by atoms with Crippen LogP contribution in [0.5, 0.6) is 0 Å². The van der Waals surface area contributed by atoms with Crippen molar-refractivity contribution in [2.24, 2.45) is 0 Å². The molecule has 0 bridgehead atoms. The number of nitrogens with one attached hydrogen (secondary N) is 1. The second-order valence-corrected chi connectivity index (χ2v) is 3.74. The predicted octanol–water partition coefficient (Wildman–Crippen LogP) is 2.01. The summed E-state index contributed by atoms with van der Waals surface area (Å²) >= 11 is 0. The number of aromatic amines is 1. The molecule has 1 aromatic heterocycles. The first-order valence-electron chi connectivity index (χ1n) is 5.36. The summed E-state index contributed by atoms with van der Waals surface area (Å²) < 4.78 is 31.0. The average Bonchev–Trinajstić information content (AvgIpc) is 2.39. The molecule has 0 aliphatic carbocycles. The maximum atomic E-state index is 13.3. The van der Waals surface area contributed by atoms with Crippen LogP contribution in [0.25, 0.3) is 0 Å². The summed E-state index contributed by atoms with van der Waals surface area (Å²) in [5.74, 6) is -2.11. The molecule has 1 aromatic carbocycles. The van der Waals surface area contributed by atoms with E-state index in [-0.39, 0.29) is 11.3 Å². The van der Waals surface area contributed by atoms with Gasteiger partial charge in [0.1, 0.15) is 23.9 Å². The molecule has 1 heterocycles. The second-order valence-electron chi connectivity index (χ2n) is 3.74. The van der Waals surface area contributed by atoms with Crippen molar-refractivity contribution in [2.75, 3.05) is 0 Å². The molecule has 0 aliphatic rings. The van der Waals surface area contributed by atoms with Gasteiger partial charge in [0.15, 0.2) is 0 Å². The van der Waals surface area contributed by atoms with Crippen LogP contribution in [0.2, 0.25) is 0 Å². The molecule has 19 heavy (non-hydrogen) atoms. The molecule has 2 aromatic rings. The molecular formula is C13H9F2NO3. The molecule has 98 valence electrons. The number of ether oxygens (including phenoxy) is 1. The number of rotatable bonds is 3. The number of H-pyrrole nitrogens is 1. The zero-order chi connectivity index (χ0) is 13.8. The van der Waals surface area contributed by atoms with E-state index in [1.54, 1.807) is 0 Å². The van der Waals surface area contributed by atoms with Crippen molar-refractivity contribution < 1.29 is 18.3 Å². The molecule has 0 radical (unpaired) electrons. The van der Waals surface area contributed by atoms with E-state index in [4.69, 9.17) is 4.74 Å². The third-order valence-electron chi connectivity index (χ3n) is 2.35. The number of hydrogen-bond donors (Lipinski definition) is 1. The Hall–Kier alpha value is -2.50. The number of halogens is 2. The van der Waals surface area contributed by atoms with Crippen LogP contribution in [-0.4, -0.2) is 11.0 Å². The Bertz CT molecular complexity index is 667. The third kappa shape index (κ3) is 3.25. The highest BCUT2D eigenvalue weighted by Crippen LogP contribution is 2.11. The summed E-state index contributed by atoms with van der Waals surface area (Å²) in [6.07, 6.45) is 0. The lowest BCUT2D eigenvalue weighted by Gasteiger charge is -2.05. The van der Waals surface area contributed by atoms with Crippen molar-refractivity contribution in [1.82, 2.24) is 4.98 Å². The van der Waals surface area contributed by atoms with E-state index in [0.29, 0.717) is 0 Å². The monoisotopic (exact) mass is 265 g/mol. The topological polar surface area (TPSA) is 59.2 Å². The van der Waals surface area contributed by atoms with Gasteiger partial charge < -0.3 is 9.72 Å². The Balaban J connectivity index is 2.08. The molecule has 0 saturated heterocycles. The molecule has 2 rings (SSSR count). The van der Waals surface area contributed by atoms with Gasteiger partial charge in [-0.05, 0) is 24.3 Å². The number of esters is 1. The number of hydrogen-bond acceptors (Lipinski definition) is 3. The Morgan fingerprint density at radius 1 is 1.21 bits per heavy atom. The molecule has 0 saturated carbocycles. The van der Waals surface area contributed by atoms with Gasteiger partial charge in [0.2, 0.25) is 5.56 Å². The molecule has 0 fully saturated rings. The Labute approximate surface area is 106 Å². The highest BCUT2D eigenvalue weighted by molar-refractivity contribution is 5.87. The summed E-state index contributed by atoms with van der Waals surface area (Å²) in [6.45, 7) is -0.417. The normalized spacial score (nSPS) is 10.2. The summed E-state index contributed by atoms with van der Waals surface area (Å²) in [5.41, 5.74) is -0.581. The number of benzene rings is 1. The number of pyridine rings is 1. The average molecular weight is 265 g/mol. The first-order valence-corrected chi connectivity index (χ1v) is 5.36. The van der Waals surface area contributed by atoms with Crippen LogP contribution >= 0.6 is 0 Å². The van der Waals surface area contributed by atoms with Crippen LogP contribution in [0.4, 0.5) is 8.78 Å². The van der Waals surface area contributed by atoms with E-state index in [9.17, 15) is 18.4 Å². The predicted molar refractivity (Wildman–Crippen MR) is 62.5 cm³/mol. The first kappa shape index (κ1) is 12.9. The lowest BCUT2D eigenvalue weighted by Crippen LogP contribution is -2.14. The Morgan fingerprint density at radius 2 is 2.00 bits per heavy atom. The van der Waals surface area contributed by atoms with Crippen LogP contribution in [0.3, 0.4) is 0 Å². The zero-order valence-corrected chi connectivity index (χ0v) is 9.65. The largest absolute Gasteiger partial charge is 0.456 e. The fourth-order valence-corrected chi connectivity index (χ4v) is 1.44. The van der Waals surface area contributed by atoms with Gasteiger partial charge in [0.05, 0.1) is 0 Å². The molecule has 0 atom stereocenters. The van der Waals surface area contributed by atoms with Gasteiger partial charge in [0.25, 0.3) is 0 Å². The van der Waals surface area contributed by atoms with Crippen LogP contribution in [0, 0.1) is 11.6 Å². The van der Waals surface area contributed by atoms with Gasteiger partial charge in [0, 0.05) is 11.6 Å². The minimum atomic E-state index is -0.818. The standard InChI is InChI=1S/C13H9F2NO3/c14-9-4-5-10(15)8(6-9)7-19-13(18)11-2-1-3-12(17)16-11/h1-6H,7H2,(H,16,17). The number of aromatic nitrogens is 1. The maximum absolute atomic E-state index is 13.3. The highest BCUT2D eigenvalue weighted by atomic mass is 19.1. The van der Waals surface area contributed by atoms with Crippen LogP contribution < -0.4 is 5.56 Å². The lowest BCUT2D eigenvalue weighted by atomic mass is 10.2. The zero-order valence-electron chi connectivity index (χ0n) is 9.65. The van der Waals surface area contributed by atoms with E-state index in [1.807, 2.05) is 0 Å². The van der Waals surface area contributed by atoms with E-state index in [2.05, 4.69) is 4.98 Å². The van der Waals surface area contributed by atoms with Gasteiger partial charge in [-0.25, -0.2) is 13.6 Å². The fourth-order valence-electron chi connectivity index (χ4n) is 1.44. The first-order chi connectivity index (χ1) is 9.06. The van der Waals surface area contributed by atoms with Crippen LogP contribution in [0.15, 0.2) is 41.2 Å². The van der Waals surface area contributed by atoms with Crippen LogP contribution in [-0.2, 0) is 11.3 Å². The Kier molecular flexibility index (Phi) is 3.70. The minimum Gasteiger partial charge on any atom is -0.456 e. The molecule has 6 heteroatoms. The number of carbonyl (C=O) groups excluding carboxylic acids is 1. The molecule has 0 aliphatic heterocycles. The van der Waals surface area contributed by atoms with Crippen molar-refractivity contribution >= 4 is 5.97 Å². The van der Waals surface area contributed by atoms with Crippen molar-refractivity contribution in [2.45, 2.75) is 6.61 Å². The van der Waals surface area contributed by atoms with Crippen molar-refractivity contribution in [1.29, 1.82) is 0 Å². The molecule has 0 spiro atoms. The van der Waals surface area contributed by atoms with Gasteiger partial charge in [-0.3, -0.25) is 4.79 Å². The second kappa shape index (κ2) is 5.43. The third-order valence-corrected chi connectivity index (χ3v) is 2.35. The van der Waals surface area contributed by atoms with Crippen LogP contribution in [0.1, 0.15) is 16.1 Å².